The molecule has 0 saturated carbocycles. The van der Waals surface area contributed by atoms with Gasteiger partial charge in [-0.3, -0.25) is 4.68 Å². The van der Waals surface area contributed by atoms with E-state index in [0.29, 0.717) is 29.0 Å². The Kier molecular flexibility index (Phi) is 4.76. The molecule has 5 nitrogen and oxygen atoms in total. The van der Waals surface area contributed by atoms with Crippen molar-refractivity contribution in [3.63, 3.8) is 0 Å². The summed E-state index contributed by atoms with van der Waals surface area (Å²) in [6.45, 7) is 0.884. The summed E-state index contributed by atoms with van der Waals surface area (Å²) in [4.78, 5) is 4.08. The number of nitrogens with one attached hydrogen (secondary N) is 1. The molecule has 1 aromatic carbocycles. The Balaban J connectivity index is 1.86. The zero-order chi connectivity index (χ0) is 13.8. The summed E-state index contributed by atoms with van der Waals surface area (Å²) in [5.74, 6) is 0.684. The van der Waals surface area contributed by atoms with Gasteiger partial charge in [-0.1, -0.05) is 29.3 Å². The number of nitrogens with zero attached hydrogens (tertiary/aromatic N) is 3. The zero-order valence-electron chi connectivity index (χ0n) is 10.3. The maximum atomic E-state index is 10.0. The molecule has 0 aliphatic carbocycles. The minimum atomic E-state index is -0.654. The molecule has 0 unspecified atom stereocenters. The van der Waals surface area contributed by atoms with Crippen molar-refractivity contribution in [1.82, 2.24) is 20.1 Å². The van der Waals surface area contributed by atoms with Gasteiger partial charge in [-0.05, 0) is 17.7 Å². The minimum Gasteiger partial charge on any atom is -0.387 e. The SMILES string of the molecule is Cn1cnc(CNC[C@H](O)c2ccc(Cl)c(Cl)c2)n1. The first-order valence-corrected chi connectivity index (χ1v) is 6.50. The fourth-order valence-corrected chi connectivity index (χ4v) is 1.93. The van der Waals surface area contributed by atoms with Gasteiger partial charge < -0.3 is 10.4 Å². The smallest absolute Gasteiger partial charge is 0.164 e. The molecule has 0 saturated heterocycles. The minimum absolute atomic E-state index is 0.385. The van der Waals surface area contributed by atoms with Crippen LogP contribution < -0.4 is 5.32 Å². The van der Waals surface area contributed by atoms with E-state index in [1.807, 2.05) is 0 Å². The van der Waals surface area contributed by atoms with Crippen molar-refractivity contribution >= 4 is 23.2 Å². The Morgan fingerprint density at radius 1 is 1.37 bits per heavy atom. The van der Waals surface area contributed by atoms with E-state index in [0.717, 1.165) is 5.56 Å². The van der Waals surface area contributed by atoms with Gasteiger partial charge in [0.15, 0.2) is 5.82 Å². The molecule has 2 N–H and O–H groups in total. The lowest BCUT2D eigenvalue weighted by atomic mass is 10.1. The fourth-order valence-electron chi connectivity index (χ4n) is 1.62. The Labute approximate surface area is 121 Å². The lowest BCUT2D eigenvalue weighted by molar-refractivity contribution is 0.174. The third-order valence-electron chi connectivity index (χ3n) is 2.60. The second kappa shape index (κ2) is 6.34. The molecule has 7 heteroatoms. The number of halogens is 2. The van der Waals surface area contributed by atoms with Crippen LogP contribution in [0.3, 0.4) is 0 Å². The molecule has 0 bridgehead atoms. The van der Waals surface area contributed by atoms with E-state index in [9.17, 15) is 5.11 Å². The Morgan fingerprint density at radius 2 is 2.16 bits per heavy atom. The number of benzene rings is 1. The van der Waals surface area contributed by atoms with Crippen molar-refractivity contribution in [1.29, 1.82) is 0 Å². The van der Waals surface area contributed by atoms with E-state index in [-0.39, 0.29) is 0 Å². The van der Waals surface area contributed by atoms with Crippen molar-refractivity contribution in [3.05, 3.63) is 46.0 Å². The highest BCUT2D eigenvalue weighted by Crippen LogP contribution is 2.25. The van der Waals surface area contributed by atoms with Gasteiger partial charge >= 0.3 is 0 Å². The van der Waals surface area contributed by atoms with E-state index in [4.69, 9.17) is 23.2 Å². The lowest BCUT2D eigenvalue weighted by Crippen LogP contribution is -2.21. The maximum Gasteiger partial charge on any atom is 0.164 e. The maximum absolute atomic E-state index is 10.0. The van der Waals surface area contributed by atoms with Crippen LogP contribution in [0.4, 0.5) is 0 Å². The molecule has 0 radical (unpaired) electrons. The summed E-state index contributed by atoms with van der Waals surface area (Å²) in [5, 5.41) is 18.1. The average Bonchev–Trinajstić information content (AvgIpc) is 2.78. The number of aliphatic hydroxyl groups excluding tert-OH is 1. The van der Waals surface area contributed by atoms with Crippen LogP contribution in [0.15, 0.2) is 24.5 Å². The van der Waals surface area contributed by atoms with E-state index in [1.54, 1.807) is 36.3 Å². The second-order valence-electron chi connectivity index (χ2n) is 4.15. The van der Waals surface area contributed by atoms with Gasteiger partial charge in [-0.2, -0.15) is 5.10 Å². The third kappa shape index (κ3) is 3.91. The molecule has 1 atom stereocenters. The van der Waals surface area contributed by atoms with Gasteiger partial charge in [-0.15, -0.1) is 0 Å². The highest BCUT2D eigenvalue weighted by Gasteiger charge is 2.09. The van der Waals surface area contributed by atoms with Gasteiger partial charge in [0, 0.05) is 13.6 Å². The number of aromatic nitrogens is 3. The van der Waals surface area contributed by atoms with Crippen molar-refractivity contribution < 1.29 is 5.11 Å². The largest absolute Gasteiger partial charge is 0.387 e. The van der Waals surface area contributed by atoms with Gasteiger partial charge in [0.25, 0.3) is 0 Å². The topological polar surface area (TPSA) is 63.0 Å². The highest BCUT2D eigenvalue weighted by atomic mass is 35.5. The van der Waals surface area contributed by atoms with Gasteiger partial charge in [0.2, 0.25) is 0 Å². The van der Waals surface area contributed by atoms with Crippen LogP contribution in [-0.4, -0.2) is 26.4 Å². The standard InChI is InChI=1S/C12H14Cl2N4O/c1-18-7-16-12(17-18)6-15-5-11(19)8-2-3-9(13)10(14)4-8/h2-4,7,11,15,19H,5-6H2,1H3/t11-/m0/s1. The monoisotopic (exact) mass is 300 g/mol. The van der Waals surface area contributed by atoms with Crippen molar-refractivity contribution in [2.75, 3.05) is 6.54 Å². The van der Waals surface area contributed by atoms with Crippen molar-refractivity contribution in [2.24, 2.45) is 7.05 Å². The summed E-state index contributed by atoms with van der Waals surface area (Å²) < 4.78 is 1.63. The van der Waals surface area contributed by atoms with Crippen LogP contribution in [0.2, 0.25) is 10.0 Å². The molecule has 0 fully saturated rings. The van der Waals surface area contributed by atoms with Crippen molar-refractivity contribution in [3.8, 4) is 0 Å². The first-order valence-electron chi connectivity index (χ1n) is 5.74. The van der Waals surface area contributed by atoms with Crippen LogP contribution in [0, 0.1) is 0 Å². The molecule has 102 valence electrons. The molecule has 2 rings (SSSR count). The van der Waals surface area contributed by atoms with Gasteiger partial charge in [0.1, 0.15) is 6.33 Å². The van der Waals surface area contributed by atoms with Gasteiger partial charge in [-0.25, -0.2) is 4.98 Å². The number of hydrogen-bond donors (Lipinski definition) is 2. The lowest BCUT2D eigenvalue weighted by Gasteiger charge is -2.12. The van der Waals surface area contributed by atoms with E-state index < -0.39 is 6.10 Å². The number of hydrogen-bond acceptors (Lipinski definition) is 4. The van der Waals surface area contributed by atoms with E-state index >= 15 is 0 Å². The number of aliphatic hydroxyl groups is 1. The Bertz CT molecular complexity index is 558. The highest BCUT2D eigenvalue weighted by molar-refractivity contribution is 6.42. The Morgan fingerprint density at radius 3 is 2.79 bits per heavy atom. The zero-order valence-corrected chi connectivity index (χ0v) is 11.9. The predicted octanol–water partition coefficient (Wildman–Crippen LogP) is 1.95. The summed E-state index contributed by atoms with van der Waals surface area (Å²) in [6.07, 6.45) is 0.977. The molecular formula is C12H14Cl2N4O. The Hall–Kier alpha value is -1.14. The van der Waals surface area contributed by atoms with Crippen LogP contribution in [0.5, 0.6) is 0 Å². The van der Waals surface area contributed by atoms with Crippen LogP contribution >= 0.6 is 23.2 Å². The van der Waals surface area contributed by atoms with Crippen molar-refractivity contribution in [2.45, 2.75) is 12.6 Å². The van der Waals surface area contributed by atoms with Crippen LogP contribution in [0.1, 0.15) is 17.5 Å². The average molecular weight is 301 g/mol. The summed E-state index contributed by atoms with van der Waals surface area (Å²) >= 11 is 11.7. The molecule has 0 amide bonds. The number of aryl methyl sites for hydroxylation is 1. The molecule has 19 heavy (non-hydrogen) atoms. The fraction of sp³-hybridized carbons (Fsp3) is 0.333. The van der Waals surface area contributed by atoms with Crippen LogP contribution in [0.25, 0.3) is 0 Å². The third-order valence-corrected chi connectivity index (χ3v) is 3.34. The number of rotatable bonds is 5. The summed E-state index contributed by atoms with van der Waals surface area (Å²) in [5.41, 5.74) is 0.718. The summed E-state index contributed by atoms with van der Waals surface area (Å²) in [7, 11) is 1.81. The molecule has 0 aliphatic heterocycles. The molecule has 2 aromatic rings. The van der Waals surface area contributed by atoms with Crippen LogP contribution in [-0.2, 0) is 13.6 Å². The van der Waals surface area contributed by atoms with Gasteiger partial charge in [0.05, 0.1) is 22.7 Å². The second-order valence-corrected chi connectivity index (χ2v) is 4.97. The predicted molar refractivity (Wildman–Crippen MR) is 74.1 cm³/mol. The molecule has 0 aliphatic rings. The molecule has 1 heterocycles. The van der Waals surface area contributed by atoms with E-state index in [1.165, 1.54) is 0 Å². The quantitative estimate of drug-likeness (QED) is 0.886. The molecular weight excluding hydrogens is 287 g/mol. The first-order chi connectivity index (χ1) is 9.06. The van der Waals surface area contributed by atoms with E-state index in [2.05, 4.69) is 15.4 Å². The molecule has 0 spiro atoms. The normalized spacial score (nSPS) is 12.6. The summed E-state index contributed by atoms with van der Waals surface area (Å²) in [6, 6.07) is 5.08. The molecule has 1 aromatic heterocycles. The first kappa shape index (κ1) is 14.3.